The van der Waals surface area contributed by atoms with Gasteiger partial charge in [-0.1, -0.05) is 0 Å². The Hall–Kier alpha value is -0.0800. The lowest BCUT2D eigenvalue weighted by molar-refractivity contribution is 0.345. The predicted molar refractivity (Wildman–Crippen MR) is 32.9 cm³/mol. The van der Waals surface area contributed by atoms with Crippen LogP contribution in [-0.4, -0.2) is 25.3 Å². The van der Waals surface area contributed by atoms with Gasteiger partial charge in [-0.15, -0.1) is 0 Å². The molecule has 3 atom stereocenters. The lowest BCUT2D eigenvalue weighted by Crippen LogP contribution is -2.27. The van der Waals surface area contributed by atoms with E-state index in [-0.39, 0.29) is 0 Å². The summed E-state index contributed by atoms with van der Waals surface area (Å²) in [5.41, 5.74) is 0. The minimum absolute atomic E-state index is 0.472. The van der Waals surface area contributed by atoms with Crippen LogP contribution in [0.2, 0.25) is 0 Å². The lowest BCUT2D eigenvalue weighted by atomic mass is 10.2. The van der Waals surface area contributed by atoms with Gasteiger partial charge in [0, 0.05) is 6.04 Å². The van der Waals surface area contributed by atoms with Crippen molar-refractivity contribution in [3.05, 3.63) is 0 Å². The van der Waals surface area contributed by atoms with E-state index in [1.807, 2.05) is 7.05 Å². The zero-order valence-electron chi connectivity index (χ0n) is 5.64. The summed E-state index contributed by atoms with van der Waals surface area (Å²) in [6, 6.07) is 0.519. The molecule has 2 heteroatoms. The van der Waals surface area contributed by atoms with Crippen molar-refractivity contribution in [2.24, 2.45) is 0 Å². The molecule has 0 radical (unpaired) electrons. The number of likely N-dealkylation sites (N-methyl/N-ethyl adjacent to an activating group) is 1. The fraction of sp³-hybridized carbons (Fsp3) is 1.00. The number of rotatable bonds is 2. The van der Waals surface area contributed by atoms with Gasteiger partial charge >= 0.3 is 0 Å². The zero-order chi connectivity index (χ0) is 6.15. The molecule has 1 fully saturated rings. The quantitative estimate of drug-likeness (QED) is 0.526. The predicted octanol–water partition coefficient (Wildman–Crippen LogP) is 0.382. The van der Waals surface area contributed by atoms with Gasteiger partial charge in [0.05, 0.1) is 12.2 Å². The topological polar surface area (TPSA) is 24.6 Å². The molecule has 1 saturated heterocycles. The van der Waals surface area contributed by atoms with Gasteiger partial charge in [0.1, 0.15) is 0 Å². The first-order chi connectivity index (χ1) is 3.75. The molecular formula is C6H13NO. The van der Waals surface area contributed by atoms with Crippen molar-refractivity contribution in [3.63, 3.8) is 0 Å². The third kappa shape index (κ3) is 1.01. The van der Waals surface area contributed by atoms with E-state index in [2.05, 4.69) is 19.2 Å². The standard InChI is InChI=1S/C6H13NO/c1-4(7-3)6-5(2)8-6/h4-7H,1-3H3. The van der Waals surface area contributed by atoms with Crippen LogP contribution in [-0.2, 0) is 4.74 Å². The fourth-order valence-electron chi connectivity index (χ4n) is 0.891. The fourth-order valence-corrected chi connectivity index (χ4v) is 0.891. The van der Waals surface area contributed by atoms with E-state index < -0.39 is 0 Å². The number of ether oxygens (including phenoxy) is 1. The van der Waals surface area contributed by atoms with E-state index in [1.54, 1.807) is 0 Å². The maximum Gasteiger partial charge on any atom is 0.0988 e. The first-order valence-electron chi connectivity index (χ1n) is 3.08. The first-order valence-corrected chi connectivity index (χ1v) is 3.08. The van der Waals surface area contributed by atoms with Crippen molar-refractivity contribution in [2.45, 2.75) is 32.1 Å². The summed E-state index contributed by atoms with van der Waals surface area (Å²) in [5.74, 6) is 0. The molecule has 0 bridgehead atoms. The zero-order valence-corrected chi connectivity index (χ0v) is 5.64. The molecule has 0 aromatic heterocycles. The Balaban J connectivity index is 2.18. The van der Waals surface area contributed by atoms with E-state index in [9.17, 15) is 0 Å². The molecule has 1 aliphatic rings. The highest BCUT2D eigenvalue weighted by atomic mass is 16.6. The van der Waals surface area contributed by atoms with E-state index in [1.165, 1.54) is 0 Å². The van der Waals surface area contributed by atoms with Crippen LogP contribution in [0.4, 0.5) is 0 Å². The summed E-state index contributed by atoms with van der Waals surface area (Å²) >= 11 is 0. The highest BCUT2D eigenvalue weighted by molar-refractivity contribution is 4.88. The van der Waals surface area contributed by atoms with Crippen LogP contribution < -0.4 is 5.32 Å². The van der Waals surface area contributed by atoms with Gasteiger partial charge in [0.25, 0.3) is 0 Å². The Kier molecular flexibility index (Phi) is 1.54. The van der Waals surface area contributed by atoms with Crippen molar-refractivity contribution < 1.29 is 4.74 Å². The minimum atomic E-state index is 0.472. The van der Waals surface area contributed by atoms with Crippen LogP contribution >= 0.6 is 0 Å². The normalized spacial score (nSPS) is 39.4. The van der Waals surface area contributed by atoms with Gasteiger partial charge in [-0.3, -0.25) is 0 Å². The van der Waals surface area contributed by atoms with Gasteiger partial charge < -0.3 is 10.1 Å². The van der Waals surface area contributed by atoms with Crippen molar-refractivity contribution >= 4 is 0 Å². The van der Waals surface area contributed by atoms with Crippen molar-refractivity contribution in [1.29, 1.82) is 0 Å². The second kappa shape index (κ2) is 2.03. The first kappa shape index (κ1) is 6.05. The minimum Gasteiger partial charge on any atom is -0.368 e. The average molecular weight is 115 g/mol. The number of epoxide rings is 1. The molecule has 1 aliphatic heterocycles. The Bertz CT molecular complexity index is 82.6. The maximum atomic E-state index is 5.21. The van der Waals surface area contributed by atoms with E-state index in [0.29, 0.717) is 18.2 Å². The molecule has 0 aliphatic carbocycles. The van der Waals surface area contributed by atoms with Crippen LogP contribution in [0.1, 0.15) is 13.8 Å². The maximum absolute atomic E-state index is 5.21. The summed E-state index contributed by atoms with van der Waals surface area (Å²) in [6.07, 6.45) is 0.956. The van der Waals surface area contributed by atoms with Crippen LogP contribution in [0.3, 0.4) is 0 Å². The second-order valence-electron chi connectivity index (χ2n) is 2.38. The Morgan fingerprint density at radius 2 is 2.12 bits per heavy atom. The SMILES string of the molecule is CNC(C)C1OC1C. The molecule has 1 rings (SSSR count). The second-order valence-corrected chi connectivity index (χ2v) is 2.38. The molecule has 8 heavy (non-hydrogen) atoms. The summed E-state index contributed by atoms with van der Waals surface area (Å²) in [6.45, 7) is 4.23. The van der Waals surface area contributed by atoms with Crippen molar-refractivity contribution in [2.75, 3.05) is 7.05 Å². The summed E-state index contributed by atoms with van der Waals surface area (Å²) in [5, 5.41) is 3.13. The van der Waals surface area contributed by atoms with Gasteiger partial charge in [0.2, 0.25) is 0 Å². The highest BCUT2D eigenvalue weighted by Crippen LogP contribution is 2.23. The number of hydrogen-bond acceptors (Lipinski definition) is 2. The van der Waals surface area contributed by atoms with Crippen LogP contribution in [0, 0.1) is 0 Å². The molecule has 0 spiro atoms. The van der Waals surface area contributed by atoms with Crippen LogP contribution in [0.15, 0.2) is 0 Å². The monoisotopic (exact) mass is 115 g/mol. The number of hydrogen-bond donors (Lipinski definition) is 1. The molecule has 48 valence electrons. The Morgan fingerprint density at radius 3 is 2.25 bits per heavy atom. The summed E-state index contributed by atoms with van der Waals surface area (Å²) < 4.78 is 5.21. The molecule has 3 unspecified atom stereocenters. The molecule has 0 aromatic carbocycles. The molecule has 2 nitrogen and oxygen atoms in total. The molecule has 0 amide bonds. The average Bonchev–Trinajstić information content (AvgIpc) is 2.45. The van der Waals surface area contributed by atoms with Gasteiger partial charge in [-0.2, -0.15) is 0 Å². The third-order valence-corrected chi connectivity index (χ3v) is 1.71. The lowest BCUT2D eigenvalue weighted by Gasteiger charge is -2.03. The number of nitrogens with one attached hydrogen (secondary N) is 1. The molecule has 1 heterocycles. The van der Waals surface area contributed by atoms with Crippen LogP contribution in [0.5, 0.6) is 0 Å². The molecule has 1 N–H and O–H groups in total. The van der Waals surface area contributed by atoms with Gasteiger partial charge in [-0.25, -0.2) is 0 Å². The molecule has 0 saturated carbocycles. The highest BCUT2D eigenvalue weighted by Gasteiger charge is 2.37. The largest absolute Gasteiger partial charge is 0.368 e. The van der Waals surface area contributed by atoms with Crippen molar-refractivity contribution in [1.82, 2.24) is 5.32 Å². The third-order valence-electron chi connectivity index (χ3n) is 1.71. The Labute approximate surface area is 50.2 Å². The summed E-state index contributed by atoms with van der Waals surface area (Å²) in [4.78, 5) is 0. The van der Waals surface area contributed by atoms with Gasteiger partial charge in [0.15, 0.2) is 0 Å². The molecular weight excluding hydrogens is 102 g/mol. The van der Waals surface area contributed by atoms with E-state index in [4.69, 9.17) is 4.74 Å². The van der Waals surface area contributed by atoms with Crippen molar-refractivity contribution in [3.8, 4) is 0 Å². The van der Waals surface area contributed by atoms with E-state index >= 15 is 0 Å². The van der Waals surface area contributed by atoms with Gasteiger partial charge in [-0.05, 0) is 20.9 Å². The smallest absolute Gasteiger partial charge is 0.0988 e. The van der Waals surface area contributed by atoms with E-state index in [0.717, 1.165) is 0 Å². The van der Waals surface area contributed by atoms with Crippen LogP contribution in [0.25, 0.3) is 0 Å². The summed E-state index contributed by atoms with van der Waals surface area (Å²) in [7, 11) is 1.96. The molecule has 0 aromatic rings. The Morgan fingerprint density at radius 1 is 1.62 bits per heavy atom.